The topological polar surface area (TPSA) is 0 Å². The van der Waals surface area contributed by atoms with Gasteiger partial charge in [-0.15, -0.1) is 0 Å². The molecule has 4 heterocycles. The van der Waals surface area contributed by atoms with Crippen molar-refractivity contribution in [2.24, 2.45) is 0 Å². The summed E-state index contributed by atoms with van der Waals surface area (Å²) in [6, 6.07) is 0. The molecule has 0 spiro atoms. The molecule has 0 nitrogen and oxygen atoms in total. The van der Waals surface area contributed by atoms with E-state index in [0.717, 1.165) is 0 Å². The van der Waals surface area contributed by atoms with E-state index in [-0.39, 0.29) is 0 Å². The molecule has 0 aromatic carbocycles. The van der Waals surface area contributed by atoms with Gasteiger partial charge in [0.25, 0.3) is 0 Å². The van der Waals surface area contributed by atoms with Crippen LogP contribution in [0.5, 0.6) is 0 Å². The summed E-state index contributed by atoms with van der Waals surface area (Å²) in [7, 11) is 0. The normalized spacial score (nSPS) is 24.5. The Labute approximate surface area is 194 Å². The van der Waals surface area contributed by atoms with E-state index >= 15 is 0 Å². The zero-order valence-corrected chi connectivity index (χ0v) is 24.8. The summed E-state index contributed by atoms with van der Waals surface area (Å²) in [6.07, 6.45) is 4.53. The predicted octanol–water partition coefficient (Wildman–Crippen LogP) is 5.27. The van der Waals surface area contributed by atoms with Crippen LogP contribution in [0.1, 0.15) is 13.8 Å². The summed E-state index contributed by atoms with van der Waals surface area (Å²) in [4.78, 5) is 2.98. The fourth-order valence-electron chi connectivity index (χ4n) is 1.89. The molecule has 0 unspecified atom stereocenters. The van der Waals surface area contributed by atoms with Gasteiger partial charge in [-0.2, -0.15) is 0 Å². The average Bonchev–Trinajstić information content (AvgIpc) is 3.29. The van der Waals surface area contributed by atoms with Crippen LogP contribution in [0.2, 0.25) is 0 Å². The maximum atomic E-state index is 2.26. The van der Waals surface area contributed by atoms with Crippen LogP contribution < -0.4 is 0 Å². The third-order valence-electron chi connectivity index (χ3n) is 3.14. The van der Waals surface area contributed by atoms with Crippen LogP contribution in [0.4, 0.5) is 0 Å². The maximum absolute atomic E-state index is 2.26. The molecule has 0 atom stereocenters. The quantitative estimate of drug-likeness (QED) is 0.360. The molecule has 24 heavy (non-hydrogen) atoms. The molecular formula is C14H12S6Se4. The molecular weight excluding hydrogens is 676 g/mol. The third kappa shape index (κ3) is 4.09. The van der Waals surface area contributed by atoms with Gasteiger partial charge in [0.15, 0.2) is 0 Å². The fourth-order valence-corrected chi connectivity index (χ4v) is 30.7. The summed E-state index contributed by atoms with van der Waals surface area (Å²) in [5.74, 6) is 0. The second-order valence-corrected chi connectivity index (χ2v) is 24.8. The first kappa shape index (κ1) is 20.2. The molecule has 0 saturated carbocycles. The van der Waals surface area contributed by atoms with E-state index in [2.05, 4.69) is 49.9 Å². The Kier molecular flexibility index (Phi) is 7.32. The number of hydrogen-bond donors (Lipinski definition) is 0. The molecule has 0 saturated heterocycles. The van der Waals surface area contributed by atoms with Gasteiger partial charge in [0.2, 0.25) is 0 Å². The number of allylic oxidation sites excluding steroid dienone is 2. The van der Waals surface area contributed by atoms with Crippen molar-refractivity contribution >= 4 is 130 Å². The molecule has 0 N–H and O–H groups in total. The Morgan fingerprint density at radius 3 is 1.50 bits per heavy atom. The van der Waals surface area contributed by atoms with Crippen LogP contribution in [0.25, 0.3) is 0 Å². The van der Waals surface area contributed by atoms with Crippen LogP contribution in [-0.2, 0) is 0 Å². The minimum atomic E-state index is 0.636. The summed E-state index contributed by atoms with van der Waals surface area (Å²) in [5, 5.41) is 0. The van der Waals surface area contributed by atoms with Crippen molar-refractivity contribution in [3.05, 3.63) is 40.2 Å². The van der Waals surface area contributed by atoms with Crippen molar-refractivity contribution in [1.29, 1.82) is 0 Å². The van der Waals surface area contributed by atoms with E-state index in [0.29, 0.717) is 59.8 Å². The first-order chi connectivity index (χ1) is 11.6. The van der Waals surface area contributed by atoms with Crippen LogP contribution in [-0.4, -0.2) is 72.3 Å². The molecule has 4 rings (SSSR count). The van der Waals surface area contributed by atoms with Gasteiger partial charge in [-0.3, -0.25) is 0 Å². The Morgan fingerprint density at radius 2 is 1.04 bits per heavy atom. The predicted molar refractivity (Wildman–Crippen MR) is 127 cm³/mol. The number of rotatable bonds is 2. The van der Waals surface area contributed by atoms with E-state index in [1.165, 1.54) is 9.81 Å². The molecule has 0 radical (unpaired) electrons. The first-order valence-corrected chi connectivity index (χ1v) is 19.3. The second kappa shape index (κ2) is 8.71. The molecule has 10 heteroatoms. The van der Waals surface area contributed by atoms with Crippen molar-refractivity contribution < 1.29 is 0 Å². The van der Waals surface area contributed by atoms with Gasteiger partial charge in [0.1, 0.15) is 0 Å². The van der Waals surface area contributed by atoms with Gasteiger partial charge in [-0.25, -0.2) is 0 Å². The van der Waals surface area contributed by atoms with Crippen LogP contribution >= 0.6 is 70.6 Å². The number of thioether (sulfide) groups is 6. The Balaban J connectivity index is 1.45. The standard InChI is InChI=1S/C14H12S6Se4/c1-5-6(2)18-7(17-5)8-19-11-12(20-8)24-14(23-11)13-21-9(15-3)10(16-4)22-13/h1-4H3. The van der Waals surface area contributed by atoms with Crippen molar-refractivity contribution in [3.8, 4) is 0 Å². The summed E-state index contributed by atoms with van der Waals surface area (Å²) in [6.45, 7) is 4.51. The SMILES string of the molecule is CSC1=C(SC)[Se]C(=C2[Se]C3=C(SC(=C4SC(C)=C(C)S4)S3)[Se]2)[Se]1. The minimum absolute atomic E-state index is 0.636. The fraction of sp³-hybridized carbons (Fsp3) is 0.286. The Bertz CT molecular complexity index is 720. The monoisotopic (exact) mass is 692 g/mol. The number of hydrogen-bond acceptors (Lipinski definition) is 6. The molecule has 0 amide bonds. The zero-order chi connectivity index (χ0) is 16.8. The molecule has 0 aromatic rings. The van der Waals surface area contributed by atoms with Crippen molar-refractivity contribution in [2.45, 2.75) is 13.8 Å². The van der Waals surface area contributed by atoms with Crippen LogP contribution in [0.15, 0.2) is 40.2 Å². The average molecular weight is 688 g/mol. The Hall–Kier alpha value is 2.88. The van der Waals surface area contributed by atoms with Gasteiger partial charge in [-0.1, -0.05) is 0 Å². The Morgan fingerprint density at radius 1 is 0.625 bits per heavy atom. The molecule has 0 aliphatic carbocycles. The van der Waals surface area contributed by atoms with E-state index in [9.17, 15) is 0 Å². The van der Waals surface area contributed by atoms with Crippen molar-refractivity contribution in [3.63, 3.8) is 0 Å². The van der Waals surface area contributed by atoms with Gasteiger partial charge in [-0.05, 0) is 0 Å². The summed E-state index contributed by atoms with van der Waals surface area (Å²) >= 11 is 14.8. The third-order valence-corrected chi connectivity index (χ3v) is 29.9. The molecule has 0 bridgehead atoms. The van der Waals surface area contributed by atoms with E-state index < -0.39 is 0 Å². The molecule has 0 aromatic heterocycles. The molecule has 4 aliphatic heterocycles. The van der Waals surface area contributed by atoms with Crippen LogP contribution in [0.3, 0.4) is 0 Å². The van der Waals surface area contributed by atoms with E-state index in [4.69, 9.17) is 0 Å². The van der Waals surface area contributed by atoms with Crippen molar-refractivity contribution in [2.75, 3.05) is 12.5 Å². The second-order valence-electron chi connectivity index (χ2n) is 4.64. The van der Waals surface area contributed by atoms with Gasteiger partial charge >= 0.3 is 197 Å². The molecule has 128 valence electrons. The first-order valence-electron chi connectivity index (χ1n) is 6.74. The van der Waals surface area contributed by atoms with E-state index in [1.807, 2.05) is 53.8 Å². The van der Waals surface area contributed by atoms with Gasteiger partial charge < -0.3 is 0 Å². The molecule has 0 fully saturated rings. The zero-order valence-electron chi connectivity index (χ0n) is 13.1. The molecule has 4 aliphatic rings. The van der Waals surface area contributed by atoms with Crippen molar-refractivity contribution in [1.82, 2.24) is 0 Å². The van der Waals surface area contributed by atoms with Gasteiger partial charge in [0.05, 0.1) is 0 Å². The summed E-state index contributed by atoms with van der Waals surface area (Å²) in [5.41, 5.74) is 0. The summed E-state index contributed by atoms with van der Waals surface area (Å²) < 4.78 is 13.8. The van der Waals surface area contributed by atoms with E-state index in [1.54, 1.807) is 23.7 Å². The van der Waals surface area contributed by atoms with Crippen LogP contribution in [0, 0.1) is 0 Å². The van der Waals surface area contributed by atoms with Gasteiger partial charge in [0, 0.05) is 0 Å².